The summed E-state index contributed by atoms with van der Waals surface area (Å²) in [6.45, 7) is 5.49. The molecule has 0 aliphatic carbocycles. The molecule has 23 heavy (non-hydrogen) atoms. The molecule has 0 atom stereocenters. The number of nitrogens with zero attached hydrogens (tertiary/aromatic N) is 2. The van der Waals surface area contributed by atoms with Crippen molar-refractivity contribution < 1.29 is 4.74 Å². The molecule has 4 nitrogen and oxygen atoms in total. The first-order chi connectivity index (χ1) is 11.2. The predicted molar refractivity (Wildman–Crippen MR) is 96.2 cm³/mol. The molecule has 2 N–H and O–H groups in total. The lowest BCUT2D eigenvalue weighted by molar-refractivity contribution is 0.261. The highest BCUT2D eigenvalue weighted by molar-refractivity contribution is 5.53. The number of hydrogen-bond donors (Lipinski definition) is 1. The van der Waals surface area contributed by atoms with Crippen molar-refractivity contribution in [2.24, 2.45) is 0 Å². The number of benzene rings is 2. The third kappa shape index (κ3) is 4.17. The minimum absolute atomic E-state index is 0.826. The van der Waals surface area contributed by atoms with Crippen molar-refractivity contribution >= 4 is 11.4 Å². The van der Waals surface area contributed by atoms with Gasteiger partial charge in [-0.1, -0.05) is 12.1 Å². The topological polar surface area (TPSA) is 41.7 Å². The van der Waals surface area contributed by atoms with Crippen molar-refractivity contribution in [3.8, 4) is 5.75 Å². The van der Waals surface area contributed by atoms with Crippen molar-refractivity contribution in [2.75, 3.05) is 50.5 Å². The molecule has 1 saturated heterocycles. The summed E-state index contributed by atoms with van der Waals surface area (Å²) in [4.78, 5) is 4.97. The van der Waals surface area contributed by atoms with E-state index in [1.54, 1.807) is 7.11 Å². The van der Waals surface area contributed by atoms with Crippen LogP contribution < -0.4 is 15.4 Å². The standard InChI is InChI=1S/C19H25N3O/c1-23-19-8-2-16(3-9-19)10-11-21-12-14-22(15-13-21)18-6-4-17(20)5-7-18/h2-9H,10-15,20H2,1H3. The van der Waals surface area contributed by atoms with E-state index in [0.29, 0.717) is 0 Å². The smallest absolute Gasteiger partial charge is 0.118 e. The van der Waals surface area contributed by atoms with Gasteiger partial charge in [0.15, 0.2) is 0 Å². The lowest BCUT2D eigenvalue weighted by atomic mass is 10.1. The molecule has 0 radical (unpaired) electrons. The minimum Gasteiger partial charge on any atom is -0.497 e. The van der Waals surface area contributed by atoms with Crippen molar-refractivity contribution in [3.63, 3.8) is 0 Å². The number of nitrogen functional groups attached to an aromatic ring is 1. The summed E-state index contributed by atoms with van der Waals surface area (Å²) in [5.41, 5.74) is 9.22. The Labute approximate surface area is 138 Å². The molecule has 0 aromatic heterocycles. The van der Waals surface area contributed by atoms with Crippen LogP contribution in [0.3, 0.4) is 0 Å². The first-order valence-electron chi connectivity index (χ1n) is 8.20. The molecule has 0 bridgehead atoms. The van der Waals surface area contributed by atoms with Gasteiger partial charge in [-0.25, -0.2) is 0 Å². The Kier molecular flexibility index (Phi) is 5.03. The summed E-state index contributed by atoms with van der Waals surface area (Å²) in [6, 6.07) is 16.6. The van der Waals surface area contributed by atoms with E-state index >= 15 is 0 Å². The monoisotopic (exact) mass is 311 g/mol. The zero-order valence-corrected chi connectivity index (χ0v) is 13.7. The van der Waals surface area contributed by atoms with Gasteiger partial charge in [0.05, 0.1) is 7.11 Å². The average Bonchev–Trinajstić information content (AvgIpc) is 2.61. The van der Waals surface area contributed by atoms with Gasteiger partial charge in [-0.3, -0.25) is 4.90 Å². The lowest BCUT2D eigenvalue weighted by Gasteiger charge is -2.36. The van der Waals surface area contributed by atoms with Gasteiger partial charge in [-0.2, -0.15) is 0 Å². The SMILES string of the molecule is COc1ccc(CCN2CCN(c3ccc(N)cc3)CC2)cc1. The highest BCUT2D eigenvalue weighted by atomic mass is 16.5. The van der Waals surface area contributed by atoms with Gasteiger partial charge in [-0.15, -0.1) is 0 Å². The Morgan fingerprint density at radius 3 is 2.17 bits per heavy atom. The largest absolute Gasteiger partial charge is 0.497 e. The molecular formula is C19H25N3O. The van der Waals surface area contributed by atoms with Crippen molar-refractivity contribution in [1.29, 1.82) is 0 Å². The maximum Gasteiger partial charge on any atom is 0.118 e. The number of nitrogens with two attached hydrogens (primary N) is 1. The quantitative estimate of drug-likeness (QED) is 0.862. The van der Waals surface area contributed by atoms with E-state index in [2.05, 4.69) is 34.1 Å². The van der Waals surface area contributed by atoms with Crippen molar-refractivity contribution in [2.45, 2.75) is 6.42 Å². The van der Waals surface area contributed by atoms with Gasteiger partial charge in [0.1, 0.15) is 5.75 Å². The molecule has 1 heterocycles. The van der Waals surface area contributed by atoms with E-state index < -0.39 is 0 Å². The molecule has 0 unspecified atom stereocenters. The van der Waals surface area contributed by atoms with E-state index in [-0.39, 0.29) is 0 Å². The summed E-state index contributed by atoms with van der Waals surface area (Å²) in [5.74, 6) is 0.922. The van der Waals surface area contributed by atoms with Gasteiger partial charge in [-0.05, 0) is 48.4 Å². The molecule has 4 heteroatoms. The summed E-state index contributed by atoms with van der Waals surface area (Å²) < 4.78 is 5.20. The third-order valence-electron chi connectivity index (χ3n) is 4.51. The first-order valence-corrected chi connectivity index (χ1v) is 8.20. The van der Waals surface area contributed by atoms with Gasteiger partial charge in [0, 0.05) is 44.1 Å². The van der Waals surface area contributed by atoms with E-state index in [0.717, 1.165) is 50.6 Å². The molecule has 122 valence electrons. The van der Waals surface area contributed by atoms with Gasteiger partial charge in [0.25, 0.3) is 0 Å². The summed E-state index contributed by atoms with van der Waals surface area (Å²) in [6.07, 6.45) is 1.09. The summed E-state index contributed by atoms with van der Waals surface area (Å²) in [7, 11) is 1.70. The fourth-order valence-corrected chi connectivity index (χ4v) is 2.99. The van der Waals surface area contributed by atoms with Crippen molar-refractivity contribution in [3.05, 3.63) is 54.1 Å². The fraction of sp³-hybridized carbons (Fsp3) is 0.368. The van der Waals surface area contributed by atoms with Crippen LogP contribution in [0.25, 0.3) is 0 Å². The number of ether oxygens (including phenoxy) is 1. The summed E-state index contributed by atoms with van der Waals surface area (Å²) >= 11 is 0. The number of piperazine rings is 1. The van der Waals surface area contributed by atoms with E-state index in [1.807, 2.05) is 24.3 Å². The highest BCUT2D eigenvalue weighted by Crippen LogP contribution is 2.18. The molecule has 2 aromatic rings. The van der Waals surface area contributed by atoms with Crippen LogP contribution in [0.1, 0.15) is 5.56 Å². The molecular weight excluding hydrogens is 286 g/mol. The Morgan fingerprint density at radius 1 is 0.913 bits per heavy atom. The second-order valence-corrected chi connectivity index (χ2v) is 6.02. The van der Waals surface area contributed by atoms with Gasteiger partial charge >= 0.3 is 0 Å². The third-order valence-corrected chi connectivity index (χ3v) is 4.51. The van der Waals surface area contributed by atoms with Crippen molar-refractivity contribution in [1.82, 2.24) is 4.90 Å². The molecule has 3 rings (SSSR count). The van der Waals surface area contributed by atoms with Gasteiger partial charge < -0.3 is 15.4 Å². The van der Waals surface area contributed by atoms with Crippen LogP contribution in [0.15, 0.2) is 48.5 Å². The zero-order valence-electron chi connectivity index (χ0n) is 13.7. The van der Waals surface area contributed by atoms with Crippen LogP contribution in [0.5, 0.6) is 5.75 Å². The Morgan fingerprint density at radius 2 is 1.57 bits per heavy atom. The van der Waals surface area contributed by atoms with Crippen LogP contribution in [-0.2, 0) is 6.42 Å². The predicted octanol–water partition coefficient (Wildman–Crippen LogP) is 2.64. The Hall–Kier alpha value is -2.20. The van der Waals surface area contributed by atoms with Crippen LogP contribution >= 0.6 is 0 Å². The molecule has 0 amide bonds. The molecule has 1 aliphatic rings. The number of rotatable bonds is 5. The van der Waals surface area contributed by atoms with Crippen LogP contribution in [0, 0.1) is 0 Å². The van der Waals surface area contributed by atoms with E-state index in [4.69, 9.17) is 10.5 Å². The number of methoxy groups -OCH3 is 1. The van der Waals surface area contributed by atoms with Crippen LogP contribution in [0.4, 0.5) is 11.4 Å². The molecule has 2 aromatic carbocycles. The fourth-order valence-electron chi connectivity index (χ4n) is 2.99. The van der Waals surface area contributed by atoms with E-state index in [9.17, 15) is 0 Å². The second kappa shape index (κ2) is 7.38. The highest BCUT2D eigenvalue weighted by Gasteiger charge is 2.16. The molecule has 1 aliphatic heterocycles. The van der Waals surface area contributed by atoms with Gasteiger partial charge in [0.2, 0.25) is 0 Å². The van der Waals surface area contributed by atoms with Crippen LogP contribution in [-0.4, -0.2) is 44.7 Å². The molecule has 0 spiro atoms. The normalized spacial score (nSPS) is 15.6. The number of anilines is 2. The lowest BCUT2D eigenvalue weighted by Crippen LogP contribution is -2.47. The Bertz CT molecular complexity index is 602. The van der Waals surface area contributed by atoms with Crippen LogP contribution in [0.2, 0.25) is 0 Å². The average molecular weight is 311 g/mol. The molecule has 0 saturated carbocycles. The minimum atomic E-state index is 0.826. The Balaban J connectivity index is 1.46. The zero-order chi connectivity index (χ0) is 16.1. The first kappa shape index (κ1) is 15.7. The maximum absolute atomic E-state index is 5.76. The second-order valence-electron chi connectivity index (χ2n) is 6.02. The maximum atomic E-state index is 5.76. The molecule has 1 fully saturated rings. The number of hydrogen-bond acceptors (Lipinski definition) is 4. The van der Waals surface area contributed by atoms with E-state index in [1.165, 1.54) is 11.3 Å². The summed E-state index contributed by atoms with van der Waals surface area (Å²) in [5, 5.41) is 0.